The predicted octanol–water partition coefficient (Wildman–Crippen LogP) is 2.56. The number of nitrogens with two attached hydrogens (primary N) is 1. The summed E-state index contributed by atoms with van der Waals surface area (Å²) in [5.74, 6) is -0.189. The predicted molar refractivity (Wildman–Crippen MR) is 65.7 cm³/mol. The highest BCUT2D eigenvalue weighted by atomic mass is 19.1. The lowest BCUT2D eigenvalue weighted by Crippen LogP contribution is -2.37. The van der Waals surface area contributed by atoms with Crippen molar-refractivity contribution >= 4 is 0 Å². The number of halogens is 1. The van der Waals surface area contributed by atoms with Crippen LogP contribution in [0.25, 0.3) is 0 Å². The van der Waals surface area contributed by atoms with E-state index < -0.39 is 0 Å². The van der Waals surface area contributed by atoms with Crippen molar-refractivity contribution in [3.05, 3.63) is 35.6 Å². The Morgan fingerprint density at radius 2 is 1.75 bits per heavy atom. The Hall–Kier alpha value is -0.930. The van der Waals surface area contributed by atoms with Crippen molar-refractivity contribution in [2.24, 2.45) is 5.73 Å². The molecule has 0 aromatic heterocycles. The standard InChI is InChI=1S/C13H21FN2/c1-10(2)16(9-8-15)11(3)12-4-6-13(14)7-5-12/h4-7,10-11H,8-9,15H2,1-3H3/t11-/m1/s1. The number of hydrogen-bond acceptors (Lipinski definition) is 2. The van der Waals surface area contributed by atoms with Gasteiger partial charge in [-0.1, -0.05) is 12.1 Å². The van der Waals surface area contributed by atoms with Gasteiger partial charge in [0.05, 0.1) is 0 Å². The molecule has 1 atom stereocenters. The second kappa shape index (κ2) is 5.97. The van der Waals surface area contributed by atoms with Crippen LogP contribution in [-0.2, 0) is 0 Å². The fraction of sp³-hybridized carbons (Fsp3) is 0.538. The summed E-state index contributed by atoms with van der Waals surface area (Å²) in [6.45, 7) is 7.92. The van der Waals surface area contributed by atoms with Gasteiger partial charge in [0.25, 0.3) is 0 Å². The van der Waals surface area contributed by atoms with Crippen molar-refractivity contribution in [3.8, 4) is 0 Å². The van der Waals surface area contributed by atoms with Crippen LogP contribution in [0.15, 0.2) is 24.3 Å². The molecule has 0 amide bonds. The van der Waals surface area contributed by atoms with E-state index >= 15 is 0 Å². The maximum absolute atomic E-state index is 12.8. The summed E-state index contributed by atoms with van der Waals surface area (Å²) in [6, 6.07) is 7.39. The molecule has 0 saturated carbocycles. The molecule has 0 heterocycles. The molecule has 0 spiro atoms. The average molecular weight is 224 g/mol. The SMILES string of the molecule is CC(C)N(CCN)[C@H](C)c1ccc(F)cc1. The zero-order valence-electron chi connectivity index (χ0n) is 10.3. The lowest BCUT2D eigenvalue weighted by Gasteiger charge is -2.32. The van der Waals surface area contributed by atoms with Crippen LogP contribution in [-0.4, -0.2) is 24.0 Å². The van der Waals surface area contributed by atoms with Gasteiger partial charge in [-0.3, -0.25) is 4.90 Å². The lowest BCUT2D eigenvalue weighted by molar-refractivity contribution is 0.170. The summed E-state index contributed by atoms with van der Waals surface area (Å²) >= 11 is 0. The van der Waals surface area contributed by atoms with Crippen LogP contribution in [0.3, 0.4) is 0 Å². The minimum Gasteiger partial charge on any atom is -0.329 e. The largest absolute Gasteiger partial charge is 0.329 e. The molecular weight excluding hydrogens is 203 g/mol. The molecule has 3 heteroatoms. The molecular formula is C13H21FN2. The van der Waals surface area contributed by atoms with Gasteiger partial charge in [-0.15, -0.1) is 0 Å². The molecule has 0 bridgehead atoms. The Morgan fingerprint density at radius 3 is 2.19 bits per heavy atom. The molecule has 2 nitrogen and oxygen atoms in total. The summed E-state index contributed by atoms with van der Waals surface area (Å²) in [7, 11) is 0. The number of nitrogens with zero attached hydrogens (tertiary/aromatic N) is 1. The number of rotatable bonds is 5. The third-order valence-electron chi connectivity index (χ3n) is 2.90. The van der Waals surface area contributed by atoms with Crippen molar-refractivity contribution in [2.75, 3.05) is 13.1 Å². The maximum Gasteiger partial charge on any atom is 0.123 e. The lowest BCUT2D eigenvalue weighted by atomic mass is 10.1. The molecule has 90 valence electrons. The van der Waals surface area contributed by atoms with Crippen LogP contribution < -0.4 is 5.73 Å². The summed E-state index contributed by atoms with van der Waals surface area (Å²) in [6.07, 6.45) is 0. The van der Waals surface area contributed by atoms with Gasteiger partial charge in [0.15, 0.2) is 0 Å². The highest BCUT2D eigenvalue weighted by molar-refractivity contribution is 5.19. The number of benzene rings is 1. The molecule has 0 unspecified atom stereocenters. The van der Waals surface area contributed by atoms with E-state index in [9.17, 15) is 4.39 Å². The Bertz CT molecular complexity index is 308. The van der Waals surface area contributed by atoms with Crippen LogP contribution in [0, 0.1) is 5.82 Å². The van der Waals surface area contributed by atoms with E-state index in [4.69, 9.17) is 5.73 Å². The van der Waals surface area contributed by atoms with E-state index in [2.05, 4.69) is 25.7 Å². The molecule has 0 aliphatic rings. The van der Waals surface area contributed by atoms with Gasteiger partial charge < -0.3 is 5.73 Å². The minimum absolute atomic E-state index is 0.189. The average Bonchev–Trinajstić information content (AvgIpc) is 2.25. The smallest absolute Gasteiger partial charge is 0.123 e. The Balaban J connectivity index is 2.81. The van der Waals surface area contributed by atoms with Crippen LogP contribution in [0.2, 0.25) is 0 Å². The summed E-state index contributed by atoms with van der Waals surface area (Å²) < 4.78 is 12.8. The van der Waals surface area contributed by atoms with Gasteiger partial charge in [0.2, 0.25) is 0 Å². The fourth-order valence-corrected chi connectivity index (χ4v) is 1.98. The van der Waals surface area contributed by atoms with Gasteiger partial charge in [-0.2, -0.15) is 0 Å². The Morgan fingerprint density at radius 1 is 1.19 bits per heavy atom. The molecule has 0 aliphatic heterocycles. The first-order chi connectivity index (χ1) is 7.56. The molecule has 0 saturated heterocycles. The number of hydrogen-bond donors (Lipinski definition) is 1. The van der Waals surface area contributed by atoms with Gasteiger partial charge in [-0.25, -0.2) is 4.39 Å². The van der Waals surface area contributed by atoms with Gasteiger partial charge in [0.1, 0.15) is 5.82 Å². The topological polar surface area (TPSA) is 29.3 Å². The van der Waals surface area contributed by atoms with E-state index in [-0.39, 0.29) is 11.9 Å². The quantitative estimate of drug-likeness (QED) is 0.833. The van der Waals surface area contributed by atoms with E-state index in [0.717, 1.165) is 12.1 Å². The van der Waals surface area contributed by atoms with Gasteiger partial charge >= 0.3 is 0 Å². The van der Waals surface area contributed by atoms with E-state index in [1.165, 1.54) is 12.1 Å². The molecule has 0 radical (unpaired) electrons. The molecule has 16 heavy (non-hydrogen) atoms. The second-order valence-corrected chi connectivity index (χ2v) is 4.35. The Labute approximate surface area is 97.3 Å². The summed E-state index contributed by atoms with van der Waals surface area (Å²) in [5.41, 5.74) is 6.73. The van der Waals surface area contributed by atoms with Crippen molar-refractivity contribution in [3.63, 3.8) is 0 Å². The van der Waals surface area contributed by atoms with Crippen molar-refractivity contribution < 1.29 is 4.39 Å². The van der Waals surface area contributed by atoms with Crippen LogP contribution >= 0.6 is 0 Å². The maximum atomic E-state index is 12.8. The monoisotopic (exact) mass is 224 g/mol. The molecule has 1 aromatic rings. The van der Waals surface area contributed by atoms with Crippen molar-refractivity contribution in [1.82, 2.24) is 4.90 Å². The van der Waals surface area contributed by atoms with Crippen LogP contribution in [0.4, 0.5) is 4.39 Å². The summed E-state index contributed by atoms with van der Waals surface area (Å²) in [4.78, 5) is 2.31. The summed E-state index contributed by atoms with van der Waals surface area (Å²) in [5, 5.41) is 0. The third kappa shape index (κ3) is 3.29. The molecule has 1 rings (SSSR count). The highest BCUT2D eigenvalue weighted by Gasteiger charge is 2.17. The first-order valence-corrected chi connectivity index (χ1v) is 5.77. The first kappa shape index (κ1) is 13.1. The van der Waals surface area contributed by atoms with Gasteiger partial charge in [-0.05, 0) is 38.5 Å². The zero-order valence-corrected chi connectivity index (χ0v) is 10.3. The minimum atomic E-state index is -0.189. The molecule has 2 N–H and O–H groups in total. The molecule has 0 aliphatic carbocycles. The van der Waals surface area contributed by atoms with E-state index in [1.54, 1.807) is 0 Å². The normalized spacial score (nSPS) is 13.4. The van der Waals surface area contributed by atoms with Crippen LogP contribution in [0.1, 0.15) is 32.4 Å². The second-order valence-electron chi connectivity index (χ2n) is 4.35. The fourth-order valence-electron chi connectivity index (χ4n) is 1.98. The molecule has 0 fully saturated rings. The highest BCUT2D eigenvalue weighted by Crippen LogP contribution is 2.22. The zero-order chi connectivity index (χ0) is 12.1. The van der Waals surface area contributed by atoms with Gasteiger partial charge in [0, 0.05) is 25.2 Å². The van der Waals surface area contributed by atoms with Crippen molar-refractivity contribution in [1.29, 1.82) is 0 Å². The van der Waals surface area contributed by atoms with Crippen LogP contribution in [0.5, 0.6) is 0 Å². The molecule has 1 aromatic carbocycles. The van der Waals surface area contributed by atoms with Crippen molar-refractivity contribution in [2.45, 2.75) is 32.9 Å². The Kier molecular flexibility index (Phi) is 4.90. The van der Waals surface area contributed by atoms with E-state index in [0.29, 0.717) is 12.6 Å². The first-order valence-electron chi connectivity index (χ1n) is 5.77. The van der Waals surface area contributed by atoms with E-state index in [1.807, 2.05) is 12.1 Å². The third-order valence-corrected chi connectivity index (χ3v) is 2.90.